The van der Waals surface area contributed by atoms with E-state index in [1.165, 1.54) is 23.2 Å². The van der Waals surface area contributed by atoms with Crippen molar-refractivity contribution in [3.63, 3.8) is 0 Å². The highest BCUT2D eigenvalue weighted by Gasteiger charge is 2.24. The van der Waals surface area contributed by atoms with Crippen molar-refractivity contribution in [3.8, 4) is 0 Å². The van der Waals surface area contributed by atoms with Crippen LogP contribution in [0.1, 0.15) is 30.4 Å². The van der Waals surface area contributed by atoms with Crippen LogP contribution in [0, 0.1) is 6.92 Å². The summed E-state index contributed by atoms with van der Waals surface area (Å²) in [5.41, 5.74) is 4.29. The van der Waals surface area contributed by atoms with Crippen molar-refractivity contribution in [1.82, 2.24) is 5.32 Å². The van der Waals surface area contributed by atoms with E-state index in [-0.39, 0.29) is 0 Å². The van der Waals surface area contributed by atoms with E-state index in [9.17, 15) is 0 Å². The van der Waals surface area contributed by atoms with E-state index < -0.39 is 0 Å². The number of rotatable bonds is 3. The van der Waals surface area contributed by atoms with Crippen LogP contribution in [0.5, 0.6) is 0 Å². The zero-order valence-corrected chi connectivity index (χ0v) is 9.80. The first-order chi connectivity index (χ1) is 7.22. The minimum atomic E-state index is 0.586. The minimum absolute atomic E-state index is 0.586. The zero-order chi connectivity index (χ0) is 10.8. The first-order valence-electron chi connectivity index (χ1n) is 5.73. The molecule has 0 bridgehead atoms. The van der Waals surface area contributed by atoms with Crippen LogP contribution in [-0.4, -0.2) is 19.6 Å². The molecule has 15 heavy (non-hydrogen) atoms. The number of hydrogen-bond acceptors (Lipinski definition) is 2. The maximum absolute atomic E-state index is 3.49. The second-order valence-corrected chi connectivity index (χ2v) is 4.54. The highest BCUT2D eigenvalue weighted by atomic mass is 14.9. The molecule has 0 fully saturated rings. The highest BCUT2D eigenvalue weighted by Crippen LogP contribution is 2.36. The van der Waals surface area contributed by atoms with Gasteiger partial charge >= 0.3 is 0 Å². The largest absolute Gasteiger partial charge is 0.384 e. The molecular formula is C13H20N2. The van der Waals surface area contributed by atoms with Gasteiger partial charge in [-0.3, -0.25) is 0 Å². The Hall–Kier alpha value is -1.02. The zero-order valence-electron chi connectivity index (χ0n) is 9.80. The van der Waals surface area contributed by atoms with Crippen molar-refractivity contribution in [2.75, 3.05) is 18.9 Å². The molecule has 1 aromatic carbocycles. The Morgan fingerprint density at radius 1 is 1.53 bits per heavy atom. The lowest BCUT2D eigenvalue weighted by Crippen LogP contribution is -2.24. The van der Waals surface area contributed by atoms with Crippen LogP contribution in [-0.2, 0) is 0 Å². The summed E-state index contributed by atoms with van der Waals surface area (Å²) in [6.45, 7) is 5.55. The molecule has 2 rings (SSSR count). The molecule has 0 saturated carbocycles. The summed E-state index contributed by atoms with van der Waals surface area (Å²) in [5, 5.41) is 6.81. The third kappa shape index (κ3) is 2.00. The topological polar surface area (TPSA) is 24.1 Å². The van der Waals surface area contributed by atoms with Gasteiger partial charge in [0.2, 0.25) is 0 Å². The Morgan fingerprint density at radius 3 is 3.07 bits per heavy atom. The van der Waals surface area contributed by atoms with Gasteiger partial charge in [-0.05, 0) is 44.5 Å². The number of fused-ring (bicyclic) bond motifs is 1. The Balaban J connectivity index is 2.20. The van der Waals surface area contributed by atoms with Gasteiger partial charge in [0, 0.05) is 24.2 Å². The van der Waals surface area contributed by atoms with Crippen LogP contribution >= 0.6 is 0 Å². The van der Waals surface area contributed by atoms with Gasteiger partial charge in [-0.25, -0.2) is 0 Å². The average molecular weight is 204 g/mol. The summed E-state index contributed by atoms with van der Waals surface area (Å²) in [5.74, 6) is 0.670. The van der Waals surface area contributed by atoms with Gasteiger partial charge in [-0.1, -0.05) is 12.1 Å². The third-order valence-corrected chi connectivity index (χ3v) is 3.40. The summed E-state index contributed by atoms with van der Waals surface area (Å²) in [4.78, 5) is 0. The molecule has 0 spiro atoms. The van der Waals surface area contributed by atoms with E-state index in [4.69, 9.17) is 0 Å². The van der Waals surface area contributed by atoms with E-state index >= 15 is 0 Å². The normalized spacial score (nSPS) is 20.9. The third-order valence-electron chi connectivity index (χ3n) is 3.40. The van der Waals surface area contributed by atoms with Crippen LogP contribution in [0.3, 0.4) is 0 Å². The fourth-order valence-electron chi connectivity index (χ4n) is 2.46. The van der Waals surface area contributed by atoms with E-state index in [2.05, 4.69) is 42.7 Å². The fourth-order valence-corrected chi connectivity index (χ4v) is 2.46. The molecule has 1 aliphatic heterocycles. The summed E-state index contributed by atoms with van der Waals surface area (Å²) in [7, 11) is 2.03. The predicted molar refractivity (Wildman–Crippen MR) is 65.5 cm³/mol. The van der Waals surface area contributed by atoms with Crippen LogP contribution in [0.25, 0.3) is 0 Å². The fraction of sp³-hybridized carbons (Fsp3) is 0.538. The van der Waals surface area contributed by atoms with Crippen LogP contribution in [0.15, 0.2) is 18.2 Å². The SMILES string of the molecule is CNC(C)CC1CNc2cccc(C)c21. The van der Waals surface area contributed by atoms with Gasteiger partial charge in [0.05, 0.1) is 0 Å². The summed E-state index contributed by atoms with van der Waals surface area (Å²) < 4.78 is 0. The molecule has 1 aromatic rings. The molecule has 82 valence electrons. The molecule has 0 aliphatic carbocycles. The Kier molecular flexibility index (Phi) is 2.96. The molecule has 0 saturated heterocycles. The number of aryl methyl sites for hydroxylation is 1. The molecule has 2 unspecified atom stereocenters. The van der Waals surface area contributed by atoms with E-state index in [1.807, 2.05) is 7.05 Å². The van der Waals surface area contributed by atoms with Crippen molar-refractivity contribution >= 4 is 5.69 Å². The summed E-state index contributed by atoms with van der Waals surface area (Å²) >= 11 is 0. The summed E-state index contributed by atoms with van der Waals surface area (Å²) in [6, 6.07) is 7.11. The Labute approximate surface area is 92.1 Å². The van der Waals surface area contributed by atoms with E-state index in [0.717, 1.165) is 6.54 Å². The smallest absolute Gasteiger partial charge is 0.0379 e. The highest BCUT2D eigenvalue weighted by molar-refractivity contribution is 5.60. The van der Waals surface area contributed by atoms with Crippen molar-refractivity contribution in [2.45, 2.75) is 32.2 Å². The van der Waals surface area contributed by atoms with Crippen molar-refractivity contribution < 1.29 is 0 Å². The Bertz CT molecular complexity index is 346. The molecule has 2 heteroatoms. The first-order valence-corrected chi connectivity index (χ1v) is 5.73. The Morgan fingerprint density at radius 2 is 2.33 bits per heavy atom. The quantitative estimate of drug-likeness (QED) is 0.790. The maximum atomic E-state index is 3.49. The minimum Gasteiger partial charge on any atom is -0.384 e. The lowest BCUT2D eigenvalue weighted by Gasteiger charge is -2.17. The molecule has 0 radical (unpaired) electrons. The number of anilines is 1. The van der Waals surface area contributed by atoms with Crippen molar-refractivity contribution in [3.05, 3.63) is 29.3 Å². The van der Waals surface area contributed by atoms with Gasteiger partial charge in [0.1, 0.15) is 0 Å². The van der Waals surface area contributed by atoms with E-state index in [0.29, 0.717) is 12.0 Å². The molecule has 2 nitrogen and oxygen atoms in total. The first kappa shape index (κ1) is 10.5. The molecule has 1 aliphatic rings. The molecule has 2 N–H and O–H groups in total. The molecular weight excluding hydrogens is 184 g/mol. The standard InChI is InChI=1S/C13H20N2/c1-9-5-4-6-12-13(9)11(8-15-12)7-10(2)14-3/h4-6,10-11,14-15H,7-8H2,1-3H3. The maximum Gasteiger partial charge on any atom is 0.0379 e. The second kappa shape index (κ2) is 4.23. The van der Waals surface area contributed by atoms with Crippen LogP contribution in [0.4, 0.5) is 5.69 Å². The van der Waals surface area contributed by atoms with Gasteiger partial charge in [0.25, 0.3) is 0 Å². The molecule has 2 atom stereocenters. The summed E-state index contributed by atoms with van der Waals surface area (Å²) in [6.07, 6.45) is 1.21. The molecule has 0 amide bonds. The number of nitrogens with one attached hydrogen (secondary N) is 2. The number of benzene rings is 1. The predicted octanol–water partition coefficient (Wildman–Crippen LogP) is 2.50. The lowest BCUT2D eigenvalue weighted by atomic mass is 9.91. The van der Waals surface area contributed by atoms with Crippen molar-refractivity contribution in [1.29, 1.82) is 0 Å². The van der Waals surface area contributed by atoms with Crippen molar-refractivity contribution in [2.24, 2.45) is 0 Å². The van der Waals surface area contributed by atoms with Gasteiger partial charge < -0.3 is 10.6 Å². The number of hydrogen-bond donors (Lipinski definition) is 2. The van der Waals surface area contributed by atoms with Gasteiger partial charge in [-0.2, -0.15) is 0 Å². The van der Waals surface area contributed by atoms with Crippen LogP contribution < -0.4 is 10.6 Å². The monoisotopic (exact) mass is 204 g/mol. The van der Waals surface area contributed by atoms with Gasteiger partial charge in [0.15, 0.2) is 0 Å². The van der Waals surface area contributed by atoms with E-state index in [1.54, 1.807) is 0 Å². The average Bonchev–Trinajstić information content (AvgIpc) is 2.63. The second-order valence-electron chi connectivity index (χ2n) is 4.54. The van der Waals surface area contributed by atoms with Crippen LogP contribution in [0.2, 0.25) is 0 Å². The molecule has 0 aromatic heterocycles. The molecule has 1 heterocycles. The van der Waals surface area contributed by atoms with Gasteiger partial charge in [-0.15, -0.1) is 0 Å². The lowest BCUT2D eigenvalue weighted by molar-refractivity contribution is 0.514.